The molecule has 1 aromatic carbocycles. The zero-order valence-electron chi connectivity index (χ0n) is 11.9. The van der Waals surface area contributed by atoms with Gasteiger partial charge in [0.05, 0.1) is 5.56 Å². The predicted octanol–water partition coefficient (Wildman–Crippen LogP) is 2.29. The molecule has 7 heteroatoms. The minimum atomic E-state index is -0.364. The number of carbonyl (C=O) groups is 2. The molecule has 0 radical (unpaired) electrons. The number of nitrogen functional groups attached to an aromatic ring is 1. The summed E-state index contributed by atoms with van der Waals surface area (Å²) in [4.78, 5) is 23.4. The number of hydrogen-bond donors (Lipinski definition) is 2. The average Bonchev–Trinajstić information content (AvgIpc) is 2.89. The van der Waals surface area contributed by atoms with Crippen LogP contribution in [0.5, 0.6) is 0 Å². The second kappa shape index (κ2) is 7.06. The number of nitrogens with two attached hydrogens (primary N) is 2. The molecule has 22 heavy (non-hydrogen) atoms. The summed E-state index contributed by atoms with van der Waals surface area (Å²) < 4.78 is 1.04. The Balaban J connectivity index is 2.57. The number of aldehydes is 1. The summed E-state index contributed by atoms with van der Waals surface area (Å²) in [6.45, 7) is 3.84. The molecular formula is C15H16N4O2S. The van der Waals surface area contributed by atoms with Crippen molar-refractivity contribution in [2.24, 2.45) is 5.73 Å². The van der Waals surface area contributed by atoms with Crippen molar-refractivity contribution < 1.29 is 9.59 Å². The van der Waals surface area contributed by atoms with E-state index in [0.717, 1.165) is 22.0 Å². The molecule has 1 heterocycles. The third-order valence-corrected chi connectivity index (χ3v) is 3.89. The normalized spacial score (nSPS) is 10.4. The molecule has 0 aliphatic rings. The highest BCUT2D eigenvalue weighted by Crippen LogP contribution is 2.32. The SMILES string of the molecule is C=CCSC(=O)n1nc(C=O)c(-c2ccccc2CN)c1N. The Morgan fingerprint density at radius 1 is 1.41 bits per heavy atom. The summed E-state index contributed by atoms with van der Waals surface area (Å²) in [7, 11) is 0. The van der Waals surface area contributed by atoms with Gasteiger partial charge >= 0.3 is 5.24 Å². The van der Waals surface area contributed by atoms with Crippen LogP contribution in [0.15, 0.2) is 36.9 Å². The molecule has 1 aromatic heterocycles. The molecule has 0 unspecified atom stereocenters. The van der Waals surface area contributed by atoms with Crippen LogP contribution < -0.4 is 11.5 Å². The van der Waals surface area contributed by atoms with E-state index in [2.05, 4.69) is 11.7 Å². The van der Waals surface area contributed by atoms with E-state index in [0.29, 0.717) is 23.2 Å². The van der Waals surface area contributed by atoms with Crippen molar-refractivity contribution in [3.63, 3.8) is 0 Å². The Hall–Kier alpha value is -2.38. The minimum absolute atomic E-state index is 0.117. The fourth-order valence-electron chi connectivity index (χ4n) is 2.08. The van der Waals surface area contributed by atoms with Gasteiger partial charge in [-0.3, -0.25) is 9.59 Å². The average molecular weight is 316 g/mol. The molecule has 2 aromatic rings. The number of thioether (sulfide) groups is 1. The van der Waals surface area contributed by atoms with Crippen molar-refractivity contribution in [1.29, 1.82) is 0 Å². The van der Waals surface area contributed by atoms with E-state index in [4.69, 9.17) is 11.5 Å². The first-order chi connectivity index (χ1) is 10.6. The van der Waals surface area contributed by atoms with E-state index in [1.54, 1.807) is 12.1 Å². The molecule has 0 bridgehead atoms. The maximum Gasteiger partial charge on any atom is 0.308 e. The highest BCUT2D eigenvalue weighted by molar-refractivity contribution is 8.13. The van der Waals surface area contributed by atoms with Gasteiger partial charge in [-0.1, -0.05) is 42.1 Å². The molecule has 114 valence electrons. The molecule has 0 spiro atoms. The molecule has 6 nitrogen and oxygen atoms in total. The first-order valence-electron chi connectivity index (χ1n) is 6.54. The highest BCUT2D eigenvalue weighted by atomic mass is 32.2. The van der Waals surface area contributed by atoms with Crippen LogP contribution in [0.4, 0.5) is 10.6 Å². The molecule has 2 rings (SSSR count). The van der Waals surface area contributed by atoms with E-state index < -0.39 is 0 Å². The number of carbonyl (C=O) groups excluding carboxylic acids is 2. The Morgan fingerprint density at radius 2 is 2.14 bits per heavy atom. The summed E-state index contributed by atoms with van der Waals surface area (Å²) in [6.07, 6.45) is 2.19. The smallest absolute Gasteiger partial charge is 0.308 e. The lowest BCUT2D eigenvalue weighted by molar-refractivity contribution is 0.111. The van der Waals surface area contributed by atoms with Crippen molar-refractivity contribution in [1.82, 2.24) is 9.78 Å². The zero-order valence-corrected chi connectivity index (χ0v) is 12.7. The molecule has 0 aliphatic heterocycles. The van der Waals surface area contributed by atoms with E-state index in [-0.39, 0.29) is 23.3 Å². The second-order valence-corrected chi connectivity index (χ2v) is 5.37. The molecule has 0 saturated carbocycles. The number of benzene rings is 1. The lowest BCUT2D eigenvalue weighted by atomic mass is 9.99. The van der Waals surface area contributed by atoms with E-state index >= 15 is 0 Å². The van der Waals surface area contributed by atoms with Gasteiger partial charge in [0.2, 0.25) is 0 Å². The van der Waals surface area contributed by atoms with Crippen molar-refractivity contribution >= 4 is 29.1 Å². The monoisotopic (exact) mass is 316 g/mol. The summed E-state index contributed by atoms with van der Waals surface area (Å²) >= 11 is 1.00. The number of rotatable bonds is 5. The third kappa shape index (κ3) is 2.95. The lowest BCUT2D eigenvalue weighted by Crippen LogP contribution is -2.11. The van der Waals surface area contributed by atoms with E-state index in [1.807, 2.05) is 18.2 Å². The van der Waals surface area contributed by atoms with Crippen LogP contribution in [0, 0.1) is 0 Å². The van der Waals surface area contributed by atoms with Gasteiger partial charge in [0.25, 0.3) is 0 Å². The first-order valence-corrected chi connectivity index (χ1v) is 7.52. The zero-order chi connectivity index (χ0) is 16.1. The number of hydrogen-bond acceptors (Lipinski definition) is 6. The Morgan fingerprint density at radius 3 is 2.77 bits per heavy atom. The van der Waals surface area contributed by atoms with Gasteiger partial charge in [-0.15, -0.1) is 6.58 Å². The maximum absolute atomic E-state index is 12.1. The van der Waals surface area contributed by atoms with Gasteiger partial charge in [0.1, 0.15) is 11.5 Å². The topological polar surface area (TPSA) is 104 Å². The van der Waals surface area contributed by atoms with Crippen molar-refractivity contribution in [2.45, 2.75) is 6.54 Å². The number of anilines is 1. The van der Waals surface area contributed by atoms with Gasteiger partial charge < -0.3 is 11.5 Å². The van der Waals surface area contributed by atoms with E-state index in [1.165, 1.54) is 0 Å². The molecular weight excluding hydrogens is 300 g/mol. The number of aromatic nitrogens is 2. The number of nitrogens with zero attached hydrogens (tertiary/aromatic N) is 2. The summed E-state index contributed by atoms with van der Waals surface area (Å²) in [5.74, 6) is 0.563. The summed E-state index contributed by atoms with van der Waals surface area (Å²) in [5.41, 5.74) is 13.9. The second-order valence-electron chi connectivity index (χ2n) is 4.40. The molecule has 0 fully saturated rings. The third-order valence-electron chi connectivity index (χ3n) is 3.06. The maximum atomic E-state index is 12.1. The van der Waals surface area contributed by atoms with Gasteiger partial charge in [-0.2, -0.15) is 9.78 Å². The van der Waals surface area contributed by atoms with Crippen LogP contribution >= 0.6 is 11.8 Å². The summed E-state index contributed by atoms with van der Waals surface area (Å²) in [6, 6.07) is 7.30. The molecule has 4 N–H and O–H groups in total. The van der Waals surface area contributed by atoms with E-state index in [9.17, 15) is 9.59 Å². The fraction of sp³-hybridized carbons (Fsp3) is 0.133. The standard InChI is InChI=1S/C15H16N4O2S/c1-2-7-22-15(21)19-14(17)13(12(9-20)18-19)11-6-4-3-5-10(11)8-16/h2-6,9H,1,7-8,16-17H2. The summed E-state index contributed by atoms with van der Waals surface area (Å²) in [5, 5.41) is 3.65. The van der Waals surface area contributed by atoms with Crippen molar-refractivity contribution in [2.75, 3.05) is 11.5 Å². The molecule has 0 saturated heterocycles. The first kappa shape index (κ1) is 16.0. The van der Waals surface area contributed by atoms with Gasteiger partial charge in [0, 0.05) is 12.3 Å². The van der Waals surface area contributed by atoms with Crippen LogP contribution in [0.3, 0.4) is 0 Å². The Bertz CT molecular complexity index is 724. The van der Waals surface area contributed by atoms with Crippen LogP contribution in [-0.2, 0) is 6.54 Å². The quantitative estimate of drug-likeness (QED) is 0.648. The van der Waals surface area contributed by atoms with Crippen molar-refractivity contribution in [3.8, 4) is 11.1 Å². The Labute approximate surface area is 132 Å². The van der Waals surface area contributed by atoms with Crippen LogP contribution in [-0.4, -0.2) is 27.1 Å². The van der Waals surface area contributed by atoms with Crippen LogP contribution in [0.2, 0.25) is 0 Å². The largest absolute Gasteiger partial charge is 0.383 e. The highest BCUT2D eigenvalue weighted by Gasteiger charge is 2.22. The minimum Gasteiger partial charge on any atom is -0.383 e. The molecule has 0 aliphatic carbocycles. The Kier molecular flexibility index (Phi) is 5.13. The van der Waals surface area contributed by atoms with Gasteiger partial charge in [-0.05, 0) is 11.1 Å². The van der Waals surface area contributed by atoms with Crippen molar-refractivity contribution in [3.05, 3.63) is 48.2 Å². The predicted molar refractivity (Wildman–Crippen MR) is 88.8 cm³/mol. The molecule has 0 amide bonds. The fourth-order valence-corrected chi connectivity index (χ4v) is 2.60. The van der Waals surface area contributed by atoms with Gasteiger partial charge in [0.15, 0.2) is 6.29 Å². The lowest BCUT2D eigenvalue weighted by Gasteiger charge is -2.07. The van der Waals surface area contributed by atoms with Crippen LogP contribution in [0.1, 0.15) is 16.1 Å². The van der Waals surface area contributed by atoms with Gasteiger partial charge in [-0.25, -0.2) is 0 Å². The van der Waals surface area contributed by atoms with Crippen LogP contribution in [0.25, 0.3) is 11.1 Å². The molecule has 0 atom stereocenters.